The van der Waals surface area contributed by atoms with Crippen LogP contribution in [0.25, 0.3) is 0 Å². The number of carboxylic acids is 1. The van der Waals surface area contributed by atoms with E-state index >= 15 is 0 Å². The number of terminal acetylenes is 3. The van der Waals surface area contributed by atoms with Crippen molar-refractivity contribution in [2.24, 2.45) is 27.6 Å². The Kier molecular flexibility index (Phi) is 49.7. The van der Waals surface area contributed by atoms with Gasteiger partial charge < -0.3 is 64.1 Å². The van der Waals surface area contributed by atoms with Gasteiger partial charge in [0.2, 0.25) is 11.9 Å². The normalized spacial score (nSPS) is 11.9. The number of nitrogens with zero attached hydrogens (tertiary/aromatic N) is 4. The highest BCUT2D eigenvalue weighted by Gasteiger charge is 2.27. The van der Waals surface area contributed by atoms with Gasteiger partial charge >= 0.3 is 60.4 Å². The maximum absolute atomic E-state index is 12.1. The van der Waals surface area contributed by atoms with Crippen LogP contribution in [0.4, 0.5) is 28.8 Å². The smallest absolute Gasteiger partial charge is 0.437 e. The summed E-state index contributed by atoms with van der Waals surface area (Å²) in [5.74, 6) is 3.27. The number of ketones is 2. The third-order valence-electron chi connectivity index (χ3n) is 11.0. The minimum absolute atomic E-state index is 0.0122. The lowest BCUT2D eigenvalue weighted by Gasteiger charge is -2.22. The maximum atomic E-state index is 12.1. The first-order chi connectivity index (χ1) is 46.8. The number of nitrogens with two attached hydrogens (primary N) is 1. The van der Waals surface area contributed by atoms with Crippen LogP contribution in [0.5, 0.6) is 0 Å². The second-order valence-electron chi connectivity index (χ2n) is 27.8. The molecule has 0 aliphatic rings. The molecule has 0 saturated heterocycles. The van der Waals surface area contributed by atoms with E-state index in [1.54, 1.807) is 131 Å². The highest BCUT2D eigenvalue weighted by atomic mass is 16.6. The van der Waals surface area contributed by atoms with E-state index in [0.717, 1.165) is 0 Å². The van der Waals surface area contributed by atoms with Gasteiger partial charge in [-0.05, 0) is 169 Å². The molecule has 102 heavy (non-hydrogen) atoms. The molecule has 3 atom stereocenters. The molecule has 6 amide bonds. The van der Waals surface area contributed by atoms with Crippen LogP contribution in [0.15, 0.2) is 28.4 Å². The number of esters is 3. The molecule has 32 nitrogen and oxygen atoms in total. The van der Waals surface area contributed by atoms with Gasteiger partial charge in [0.05, 0.1) is 33.2 Å². The lowest BCUT2D eigenvalue weighted by Crippen LogP contribution is -2.47. The fourth-order valence-electron chi connectivity index (χ4n) is 6.93. The summed E-state index contributed by atoms with van der Waals surface area (Å²) >= 11 is 0. The number of Topliss-reactive ketones (excluding diaryl/α,β-unsaturated/α-hetero) is 2. The molecular weight excluding hydrogens is 1330 g/mol. The Labute approximate surface area is 601 Å². The molecule has 8 N–H and O–H groups in total. The number of carbonyl (C=O) groups is 12. The van der Waals surface area contributed by atoms with Gasteiger partial charge in [0, 0.05) is 83.4 Å². The van der Waals surface area contributed by atoms with E-state index in [-0.39, 0.29) is 75.2 Å². The van der Waals surface area contributed by atoms with Gasteiger partial charge in [-0.2, -0.15) is 5.10 Å². The molecule has 0 spiro atoms. The summed E-state index contributed by atoms with van der Waals surface area (Å²) in [5.41, 5.74) is 1.45. The molecule has 576 valence electrons. The second-order valence-corrected chi connectivity index (χ2v) is 27.8. The number of carboxylic acid groups (broad SMARTS) is 1. The zero-order chi connectivity index (χ0) is 79.7. The molecule has 0 aromatic carbocycles. The number of methoxy groups -OCH3 is 3. The fraction of sp³-hybridized carbons (Fsp3) is 0.671. The molecule has 1 aromatic heterocycles. The van der Waals surface area contributed by atoms with Crippen LogP contribution in [0.1, 0.15) is 215 Å². The third-order valence-corrected chi connectivity index (χ3v) is 11.0. The van der Waals surface area contributed by atoms with Crippen LogP contribution < -0.4 is 32.3 Å². The maximum Gasteiger partial charge on any atom is 0.437 e. The molecule has 0 radical (unpaired) electrons. The van der Waals surface area contributed by atoms with E-state index in [4.69, 9.17) is 68.0 Å². The summed E-state index contributed by atoms with van der Waals surface area (Å²) in [5, 5.41) is 24.2. The molecule has 1 aromatic rings. The Bertz CT molecular complexity index is 2940. The first-order valence-corrected chi connectivity index (χ1v) is 32.7. The number of hydrogen-bond acceptors (Lipinski definition) is 24. The Morgan fingerprint density at radius 3 is 1.20 bits per heavy atom. The standard InChI is InChI=1S/C23H37N3O7.C17H27NO5.C14H22N4O4.C10H20N2O4.C6H8O2/c1-9-10-11-12-17(27)15-16(18(28)31-8)13-14-24-19(25-20(29)32-22(2,3)4)26-21(30)33-23(5,6)7;1-6-7-8-9-14(19)12-13(15(20)22-5)10-11-18-16(21)23-17(2,3)4;1-13(2,3)21-11(19)16-10(18-9-7-8-15-18)17-12(20)22-14(4,5)6;1-10(2,3)16-9(14)12-6-5-7(11)8(13)15-4;1-2-3-4-5-6(7)8/h1,16H,10-15H2,2-8H3,(H2,24,25,26,29,30);1,13H,7-12H2,2-5H3,(H,18,21);7-9H,1-6H3,(H,16,17,19,20);7H,5-6,11H2,1-4H3,(H,12,14);1H,3-5H2,(H,7,8)/t16-;13-;;7-;/m11.0./s1. The molecule has 0 aliphatic carbocycles. The van der Waals surface area contributed by atoms with Crippen molar-refractivity contribution in [3.63, 3.8) is 0 Å². The van der Waals surface area contributed by atoms with Gasteiger partial charge in [-0.15, -0.1) is 42.0 Å². The number of rotatable bonds is 25. The molecule has 0 aliphatic heterocycles. The summed E-state index contributed by atoms with van der Waals surface area (Å²) in [4.78, 5) is 147. The third kappa shape index (κ3) is 63.7. The number of nitrogens with one attached hydrogen (secondary N) is 5. The Balaban J connectivity index is -0.000000620. The van der Waals surface area contributed by atoms with Crippen LogP contribution >= 0.6 is 0 Å². The monoisotopic (exact) mass is 1450 g/mol. The van der Waals surface area contributed by atoms with Crippen LogP contribution in [0, 0.1) is 48.9 Å². The highest BCUT2D eigenvalue weighted by Crippen LogP contribution is 2.17. The zero-order valence-corrected chi connectivity index (χ0v) is 63.6. The predicted molar refractivity (Wildman–Crippen MR) is 380 cm³/mol. The minimum atomic E-state index is -0.839. The van der Waals surface area contributed by atoms with Crippen LogP contribution in [-0.4, -0.2) is 179 Å². The first kappa shape index (κ1) is 98.6. The molecule has 1 rings (SSSR count). The van der Waals surface area contributed by atoms with Crippen molar-refractivity contribution >= 4 is 83.9 Å². The molecular formula is C70H114N10O22. The molecule has 0 fully saturated rings. The molecule has 1 heterocycles. The average Bonchev–Trinajstić information content (AvgIpc) is 1.61. The van der Waals surface area contributed by atoms with Gasteiger partial charge in [-0.1, -0.05) is 0 Å². The van der Waals surface area contributed by atoms with Gasteiger partial charge in [-0.25, -0.2) is 33.4 Å². The van der Waals surface area contributed by atoms with Gasteiger partial charge in [0.15, 0.2) is 0 Å². The van der Waals surface area contributed by atoms with Crippen LogP contribution in [-0.2, 0) is 71.4 Å². The number of aromatic nitrogens is 2. The number of unbranched alkanes of at least 4 members (excludes halogenated alkanes) is 3. The minimum Gasteiger partial charge on any atom is -0.481 e. The number of ether oxygens (including phenoxy) is 9. The van der Waals surface area contributed by atoms with Crippen molar-refractivity contribution in [3.05, 3.63) is 18.5 Å². The summed E-state index contributed by atoms with van der Waals surface area (Å²) < 4.78 is 45.8. The fourth-order valence-corrected chi connectivity index (χ4v) is 6.93. The highest BCUT2D eigenvalue weighted by molar-refractivity contribution is 6.01. The van der Waals surface area contributed by atoms with Crippen LogP contribution in [0.2, 0.25) is 0 Å². The lowest BCUT2D eigenvalue weighted by molar-refractivity contribution is -0.147. The van der Waals surface area contributed by atoms with Crippen molar-refractivity contribution in [1.82, 2.24) is 36.4 Å². The van der Waals surface area contributed by atoms with E-state index in [1.807, 2.05) is 0 Å². The molecule has 0 unspecified atom stereocenters. The summed E-state index contributed by atoms with van der Waals surface area (Å²) in [6.07, 6.45) is 18.9. The topological polar surface area (TPSA) is 437 Å². The van der Waals surface area contributed by atoms with E-state index in [0.29, 0.717) is 57.8 Å². The number of carbonyl (C=O) groups excluding carboxylic acids is 11. The lowest BCUT2D eigenvalue weighted by atomic mass is 9.96. The van der Waals surface area contributed by atoms with Gasteiger partial charge in [0.25, 0.3) is 0 Å². The van der Waals surface area contributed by atoms with Crippen molar-refractivity contribution in [2.75, 3.05) is 41.0 Å². The average molecular weight is 1450 g/mol. The van der Waals surface area contributed by atoms with Crippen molar-refractivity contribution in [1.29, 1.82) is 0 Å². The quantitative estimate of drug-likeness (QED) is 0.0119. The van der Waals surface area contributed by atoms with Gasteiger partial charge in [0.1, 0.15) is 51.2 Å². The number of alkyl carbamates (subject to hydrolysis) is 5. The van der Waals surface area contributed by atoms with E-state index < -0.39 is 112 Å². The Morgan fingerprint density at radius 2 is 0.853 bits per heavy atom. The van der Waals surface area contributed by atoms with E-state index in [9.17, 15) is 57.5 Å². The largest absolute Gasteiger partial charge is 0.481 e. The number of guanidine groups is 1. The molecule has 0 saturated carbocycles. The Morgan fingerprint density at radius 1 is 0.500 bits per heavy atom. The predicted octanol–water partition coefficient (Wildman–Crippen LogP) is 9.61. The zero-order valence-electron chi connectivity index (χ0n) is 63.6. The molecule has 0 bridgehead atoms. The first-order valence-electron chi connectivity index (χ1n) is 32.7. The SMILES string of the molecule is C#CCCCC(=O)C[C@@H](CCN=C(NC(=O)OC(C)(C)C)NC(=O)OC(C)(C)C)C(=O)OC.C#CCCCC(=O)C[C@@H](CCNC(=O)OC(C)(C)C)C(=O)OC.C#CCCCC(=O)O.CC(C)(C)OC(=O)N=C(NC(=O)OC(C)(C)C)n1cccn1.COC(=O)[C@@H](N)CCNC(=O)OC(C)(C)C. The number of hydrogen-bond donors (Lipinski definition) is 7. The van der Waals surface area contributed by atoms with E-state index in [1.165, 1.54) is 38.4 Å². The summed E-state index contributed by atoms with van der Waals surface area (Å²) in [6.45, 7) is 31.6. The Hall–Kier alpha value is -9.77. The number of amides is 6. The number of aliphatic imine (C=N–C) groups is 2. The van der Waals surface area contributed by atoms with Gasteiger partial charge in [-0.3, -0.25) is 49.7 Å². The van der Waals surface area contributed by atoms with Crippen molar-refractivity contribution < 1.29 is 105 Å². The van der Waals surface area contributed by atoms with Crippen molar-refractivity contribution in [2.45, 2.75) is 254 Å². The van der Waals surface area contributed by atoms with E-state index in [2.05, 4.69) is 64.2 Å². The summed E-state index contributed by atoms with van der Waals surface area (Å²) in [6, 6.07) is 0.904. The van der Waals surface area contributed by atoms with Crippen molar-refractivity contribution in [3.8, 4) is 37.0 Å². The number of aliphatic carboxylic acids is 1. The molecule has 32 heteroatoms. The second kappa shape index (κ2) is 51.4. The van der Waals surface area contributed by atoms with Crippen LogP contribution in [0.3, 0.4) is 0 Å². The summed E-state index contributed by atoms with van der Waals surface area (Å²) in [7, 11) is 3.78.